The van der Waals surface area contributed by atoms with Crippen molar-refractivity contribution < 1.29 is 27.0 Å². The lowest BCUT2D eigenvalue weighted by Crippen LogP contribution is -2.36. The minimum Gasteiger partial charge on any atom is -0.624 e. The molecular formula is C26H26F4N4O2. The predicted octanol–water partition coefficient (Wildman–Crippen LogP) is 5.12. The van der Waals surface area contributed by atoms with Gasteiger partial charge in [0.1, 0.15) is 24.2 Å². The molecule has 4 rings (SSSR count). The van der Waals surface area contributed by atoms with Crippen LogP contribution in [-0.4, -0.2) is 47.7 Å². The van der Waals surface area contributed by atoms with Gasteiger partial charge in [-0.3, -0.25) is 0 Å². The van der Waals surface area contributed by atoms with Gasteiger partial charge in [0.15, 0.2) is 23.6 Å². The summed E-state index contributed by atoms with van der Waals surface area (Å²) in [6.07, 6.45) is 6.74. The van der Waals surface area contributed by atoms with Gasteiger partial charge < -0.3 is 14.8 Å². The molecule has 0 atom stereocenters. The number of rotatable bonds is 7. The molecule has 0 spiro atoms. The summed E-state index contributed by atoms with van der Waals surface area (Å²) in [4.78, 5) is 10.9. The largest absolute Gasteiger partial charge is 0.624 e. The lowest BCUT2D eigenvalue weighted by Gasteiger charge is -2.31. The average molecular weight is 503 g/mol. The number of benzene rings is 2. The lowest BCUT2D eigenvalue weighted by molar-refractivity contribution is -0.416. The van der Waals surface area contributed by atoms with E-state index < -0.39 is 34.6 Å². The van der Waals surface area contributed by atoms with Crippen LogP contribution in [0.1, 0.15) is 30.9 Å². The Hall–Kier alpha value is -3.69. The van der Waals surface area contributed by atoms with Crippen LogP contribution in [0, 0.1) is 34.4 Å². The van der Waals surface area contributed by atoms with Gasteiger partial charge in [0, 0.05) is 25.5 Å². The standard InChI is InChI=1S/C26H26F4N4O2/c1-3-16-12-31-26(32-13-16)34-6-4-17(5-7-34)15-36-25-23(29)10-19(11-24(25)30)18-8-21(27)20(14-33(2)35)22(28)9-18/h8-14,17H,3-7,15H2,1-2H3/b33-14-. The van der Waals surface area contributed by atoms with E-state index in [4.69, 9.17) is 4.74 Å². The molecule has 0 bridgehead atoms. The molecule has 0 saturated carbocycles. The van der Waals surface area contributed by atoms with Crippen LogP contribution >= 0.6 is 0 Å². The van der Waals surface area contributed by atoms with Gasteiger partial charge in [0.2, 0.25) is 5.95 Å². The highest BCUT2D eigenvalue weighted by atomic mass is 19.1. The van der Waals surface area contributed by atoms with Gasteiger partial charge in [-0.15, -0.1) is 0 Å². The first-order valence-electron chi connectivity index (χ1n) is 11.7. The summed E-state index contributed by atoms with van der Waals surface area (Å²) in [6.45, 7) is 3.58. The second-order valence-corrected chi connectivity index (χ2v) is 8.78. The van der Waals surface area contributed by atoms with Crippen molar-refractivity contribution in [2.45, 2.75) is 26.2 Å². The zero-order valence-corrected chi connectivity index (χ0v) is 20.0. The first-order chi connectivity index (χ1) is 17.2. The van der Waals surface area contributed by atoms with Crippen LogP contribution in [0.3, 0.4) is 0 Å². The van der Waals surface area contributed by atoms with Crippen LogP contribution < -0.4 is 9.64 Å². The summed E-state index contributed by atoms with van der Waals surface area (Å²) in [5.41, 5.74) is 0.406. The topological polar surface area (TPSA) is 64.3 Å². The SMILES string of the molecule is CCc1cnc(N2CCC(COc3c(F)cc(-c4cc(F)c(/C=[N+](/C)[O-])c(F)c4)cc3F)CC2)nc1. The predicted molar refractivity (Wildman–Crippen MR) is 128 cm³/mol. The molecule has 0 unspecified atom stereocenters. The molecular weight excluding hydrogens is 476 g/mol. The zero-order valence-electron chi connectivity index (χ0n) is 20.0. The van der Waals surface area contributed by atoms with Gasteiger partial charge in [0.25, 0.3) is 0 Å². The lowest BCUT2D eigenvalue weighted by atomic mass is 9.98. The first-order valence-corrected chi connectivity index (χ1v) is 11.7. The van der Waals surface area contributed by atoms with E-state index in [1.165, 1.54) is 0 Å². The quantitative estimate of drug-likeness (QED) is 0.148. The molecule has 0 radical (unpaired) electrons. The average Bonchev–Trinajstić information content (AvgIpc) is 2.86. The van der Waals surface area contributed by atoms with E-state index >= 15 is 0 Å². The molecule has 0 amide bonds. The molecule has 6 nitrogen and oxygen atoms in total. The summed E-state index contributed by atoms with van der Waals surface area (Å²) in [7, 11) is 1.08. The van der Waals surface area contributed by atoms with Gasteiger partial charge in [-0.25, -0.2) is 32.3 Å². The molecule has 190 valence electrons. The Labute approximate surface area is 206 Å². The maximum absolute atomic E-state index is 14.7. The summed E-state index contributed by atoms with van der Waals surface area (Å²) in [6, 6.07) is 3.77. The van der Waals surface area contributed by atoms with Gasteiger partial charge in [0.05, 0.1) is 6.61 Å². The number of piperidine rings is 1. The van der Waals surface area contributed by atoms with E-state index in [1.54, 1.807) is 0 Å². The summed E-state index contributed by atoms with van der Waals surface area (Å²) in [5, 5.41) is 11.1. The number of nitrogens with zero attached hydrogens (tertiary/aromatic N) is 4. The Morgan fingerprint density at radius 1 is 0.972 bits per heavy atom. The first kappa shape index (κ1) is 25.4. The summed E-state index contributed by atoms with van der Waals surface area (Å²) < 4.78 is 63.7. The highest BCUT2D eigenvalue weighted by Crippen LogP contribution is 2.31. The third-order valence-corrected chi connectivity index (χ3v) is 6.18. The Balaban J connectivity index is 1.40. The highest BCUT2D eigenvalue weighted by molar-refractivity contribution is 5.79. The van der Waals surface area contributed by atoms with Crippen LogP contribution in [0.25, 0.3) is 11.1 Å². The molecule has 2 heterocycles. The minimum absolute atomic E-state index is 0.0559. The second kappa shape index (κ2) is 10.9. The molecule has 1 fully saturated rings. The molecule has 0 aliphatic carbocycles. The third-order valence-electron chi connectivity index (χ3n) is 6.18. The Kier molecular flexibility index (Phi) is 7.71. The Morgan fingerprint density at radius 2 is 1.50 bits per heavy atom. The van der Waals surface area contributed by atoms with Crippen LogP contribution in [0.2, 0.25) is 0 Å². The number of aromatic nitrogens is 2. The van der Waals surface area contributed by atoms with Gasteiger partial charge in [-0.1, -0.05) is 6.92 Å². The van der Waals surface area contributed by atoms with Crippen LogP contribution in [-0.2, 0) is 6.42 Å². The molecule has 36 heavy (non-hydrogen) atoms. The van der Waals surface area contributed by atoms with Crippen molar-refractivity contribution in [3.8, 4) is 16.9 Å². The van der Waals surface area contributed by atoms with Crippen molar-refractivity contribution in [1.82, 2.24) is 9.97 Å². The fourth-order valence-electron chi connectivity index (χ4n) is 4.12. The molecule has 2 aromatic carbocycles. The maximum atomic E-state index is 14.7. The van der Waals surface area contributed by atoms with E-state index in [0.717, 1.165) is 62.4 Å². The fraction of sp³-hybridized carbons (Fsp3) is 0.346. The van der Waals surface area contributed by atoms with E-state index in [2.05, 4.69) is 14.9 Å². The number of halogens is 4. The van der Waals surface area contributed by atoms with Crippen molar-refractivity contribution in [2.24, 2.45) is 5.92 Å². The fourth-order valence-corrected chi connectivity index (χ4v) is 4.12. The van der Waals surface area contributed by atoms with Crippen LogP contribution in [0.5, 0.6) is 5.75 Å². The van der Waals surface area contributed by atoms with E-state index in [0.29, 0.717) is 19.0 Å². The minimum atomic E-state index is -1.02. The number of anilines is 1. The van der Waals surface area contributed by atoms with Crippen LogP contribution in [0.4, 0.5) is 23.5 Å². The number of hydrogen-bond acceptors (Lipinski definition) is 5. The number of hydrogen-bond donors (Lipinski definition) is 0. The third kappa shape index (κ3) is 5.75. The van der Waals surface area contributed by atoms with Crippen molar-refractivity contribution in [3.05, 3.63) is 76.3 Å². The summed E-state index contributed by atoms with van der Waals surface area (Å²) >= 11 is 0. The Bertz CT molecular complexity index is 1210. The zero-order chi connectivity index (χ0) is 25.8. The maximum Gasteiger partial charge on any atom is 0.225 e. The van der Waals surface area contributed by atoms with Crippen molar-refractivity contribution in [3.63, 3.8) is 0 Å². The molecule has 1 aromatic heterocycles. The second-order valence-electron chi connectivity index (χ2n) is 8.78. The van der Waals surface area contributed by atoms with Gasteiger partial charge in [-0.05, 0) is 66.1 Å². The van der Waals surface area contributed by atoms with Crippen molar-refractivity contribution in [2.75, 3.05) is 31.6 Å². The van der Waals surface area contributed by atoms with E-state index in [9.17, 15) is 22.8 Å². The van der Waals surface area contributed by atoms with Crippen LogP contribution in [0.15, 0.2) is 36.7 Å². The molecule has 1 aliphatic rings. The van der Waals surface area contributed by atoms with Crippen molar-refractivity contribution in [1.29, 1.82) is 0 Å². The normalized spacial score (nSPS) is 14.8. The van der Waals surface area contributed by atoms with E-state index in [1.807, 2.05) is 19.3 Å². The van der Waals surface area contributed by atoms with Gasteiger partial charge in [-0.2, -0.15) is 0 Å². The Morgan fingerprint density at radius 3 is 2.00 bits per heavy atom. The van der Waals surface area contributed by atoms with E-state index in [-0.39, 0.29) is 28.4 Å². The number of aryl methyl sites for hydroxylation is 1. The highest BCUT2D eigenvalue weighted by Gasteiger charge is 2.23. The van der Waals surface area contributed by atoms with Crippen molar-refractivity contribution >= 4 is 12.2 Å². The number of ether oxygens (including phenoxy) is 1. The smallest absolute Gasteiger partial charge is 0.225 e. The van der Waals surface area contributed by atoms with Gasteiger partial charge >= 0.3 is 0 Å². The molecule has 3 aromatic rings. The molecule has 0 N–H and O–H groups in total. The monoisotopic (exact) mass is 502 g/mol. The molecule has 1 aliphatic heterocycles. The number of hydroxylamine groups is 1. The molecule has 10 heteroatoms. The summed E-state index contributed by atoms with van der Waals surface area (Å²) in [5.74, 6) is -3.75. The molecule has 1 saturated heterocycles.